The predicted molar refractivity (Wildman–Crippen MR) is 129 cm³/mol. The van der Waals surface area contributed by atoms with Gasteiger partial charge in [-0.1, -0.05) is 53.6 Å². The van der Waals surface area contributed by atoms with Crippen LogP contribution < -0.4 is 0 Å². The Morgan fingerprint density at radius 2 is 1.36 bits per heavy atom. The number of halogens is 4. The molecule has 1 saturated carbocycles. The fraction of sp³-hybridized carbons (Fsp3) is 0.379. The molecule has 3 aromatic rings. The lowest BCUT2D eigenvalue weighted by molar-refractivity contribution is 0.310. The number of rotatable bonds is 7. The Kier molecular flexibility index (Phi) is 7.80. The van der Waals surface area contributed by atoms with E-state index in [1.54, 1.807) is 6.07 Å². The molecule has 0 amide bonds. The highest BCUT2D eigenvalue weighted by molar-refractivity contribution is 6.30. The van der Waals surface area contributed by atoms with E-state index in [4.69, 9.17) is 11.6 Å². The molecule has 3 aromatic carbocycles. The molecular weight excluding hydrogens is 441 g/mol. The SMILES string of the molecule is Cc1ccc(C2CCC(CCc3ccc(CCc4cc(F)c(Cl)c(F)c4)c(F)c3)CC2)cc1. The molecule has 33 heavy (non-hydrogen) atoms. The van der Waals surface area contributed by atoms with E-state index in [0.717, 1.165) is 18.4 Å². The first kappa shape index (κ1) is 23.9. The van der Waals surface area contributed by atoms with Gasteiger partial charge in [0.15, 0.2) is 0 Å². The summed E-state index contributed by atoms with van der Waals surface area (Å²) in [5, 5.41) is -0.502. The molecule has 0 radical (unpaired) electrons. The first-order chi connectivity index (χ1) is 15.9. The summed E-state index contributed by atoms with van der Waals surface area (Å²) in [6.45, 7) is 2.12. The molecule has 1 fully saturated rings. The summed E-state index contributed by atoms with van der Waals surface area (Å²) in [6.07, 6.45) is 7.62. The summed E-state index contributed by atoms with van der Waals surface area (Å²) in [4.78, 5) is 0. The zero-order valence-corrected chi connectivity index (χ0v) is 19.8. The Balaban J connectivity index is 1.26. The summed E-state index contributed by atoms with van der Waals surface area (Å²) < 4.78 is 41.9. The molecule has 4 heteroatoms. The molecular formula is C29H30ClF3. The predicted octanol–water partition coefficient (Wildman–Crippen LogP) is 8.76. The van der Waals surface area contributed by atoms with Crippen LogP contribution in [0.5, 0.6) is 0 Å². The van der Waals surface area contributed by atoms with Crippen LogP contribution in [0.3, 0.4) is 0 Å². The van der Waals surface area contributed by atoms with Gasteiger partial charge in [0, 0.05) is 0 Å². The van der Waals surface area contributed by atoms with Crippen LogP contribution in [-0.4, -0.2) is 0 Å². The molecule has 0 heterocycles. The lowest BCUT2D eigenvalue weighted by atomic mass is 9.77. The standard InChI is InChI=1S/C29H30ClF3/c1-19-2-10-23(11-3-19)24-12-6-20(7-13-24)4-5-21-8-14-25(26(31)16-21)15-9-22-17-27(32)29(30)28(33)18-22/h2-3,8,10-11,14,16-18,20,24H,4-7,9,12-13,15H2,1H3. The summed E-state index contributed by atoms with van der Waals surface area (Å²) in [5.41, 5.74) is 4.81. The first-order valence-corrected chi connectivity index (χ1v) is 12.2. The van der Waals surface area contributed by atoms with Crippen molar-refractivity contribution in [3.8, 4) is 0 Å². The van der Waals surface area contributed by atoms with Crippen molar-refractivity contribution in [2.75, 3.05) is 0 Å². The summed E-state index contributed by atoms with van der Waals surface area (Å²) >= 11 is 5.53. The Hall–Kier alpha value is -2.26. The molecule has 0 spiro atoms. The minimum atomic E-state index is -0.782. The average molecular weight is 471 g/mol. The number of hydrogen-bond acceptors (Lipinski definition) is 0. The third kappa shape index (κ3) is 6.20. The fourth-order valence-electron chi connectivity index (χ4n) is 4.97. The topological polar surface area (TPSA) is 0 Å². The molecule has 0 aliphatic heterocycles. The second-order valence-corrected chi connectivity index (χ2v) is 9.84. The van der Waals surface area contributed by atoms with Gasteiger partial charge < -0.3 is 0 Å². The van der Waals surface area contributed by atoms with Gasteiger partial charge in [0.2, 0.25) is 0 Å². The Bertz CT molecular complexity index is 1060. The molecule has 0 saturated heterocycles. The summed E-state index contributed by atoms with van der Waals surface area (Å²) in [5.74, 6) is -0.443. The highest BCUT2D eigenvalue weighted by Gasteiger charge is 2.22. The molecule has 1 aliphatic carbocycles. The quantitative estimate of drug-likeness (QED) is 0.303. The Labute approximate surface area is 199 Å². The third-order valence-corrected chi connectivity index (χ3v) is 7.44. The molecule has 0 atom stereocenters. The van der Waals surface area contributed by atoms with Crippen molar-refractivity contribution in [3.05, 3.63) is 105 Å². The fourth-order valence-corrected chi connectivity index (χ4v) is 5.08. The van der Waals surface area contributed by atoms with Crippen molar-refractivity contribution in [2.24, 2.45) is 5.92 Å². The van der Waals surface area contributed by atoms with E-state index in [9.17, 15) is 13.2 Å². The van der Waals surface area contributed by atoms with Gasteiger partial charge in [-0.15, -0.1) is 0 Å². The zero-order chi connectivity index (χ0) is 23.4. The average Bonchev–Trinajstić information content (AvgIpc) is 2.81. The van der Waals surface area contributed by atoms with Crippen LogP contribution in [0, 0.1) is 30.3 Å². The molecule has 0 unspecified atom stereocenters. The molecule has 0 aromatic heterocycles. The Morgan fingerprint density at radius 1 is 0.727 bits per heavy atom. The maximum absolute atomic E-state index is 14.6. The normalized spacial score (nSPS) is 18.5. The van der Waals surface area contributed by atoms with Gasteiger partial charge in [-0.25, -0.2) is 13.2 Å². The Morgan fingerprint density at radius 3 is 2.00 bits per heavy atom. The minimum Gasteiger partial charge on any atom is -0.207 e. The van der Waals surface area contributed by atoms with Crippen molar-refractivity contribution >= 4 is 11.6 Å². The van der Waals surface area contributed by atoms with Crippen molar-refractivity contribution in [3.63, 3.8) is 0 Å². The van der Waals surface area contributed by atoms with E-state index in [2.05, 4.69) is 31.2 Å². The zero-order valence-electron chi connectivity index (χ0n) is 19.0. The van der Waals surface area contributed by atoms with E-state index in [-0.39, 0.29) is 5.82 Å². The van der Waals surface area contributed by atoms with Gasteiger partial charge >= 0.3 is 0 Å². The van der Waals surface area contributed by atoms with Crippen LogP contribution in [0.25, 0.3) is 0 Å². The molecule has 0 bridgehead atoms. The maximum Gasteiger partial charge on any atom is 0.145 e. The van der Waals surface area contributed by atoms with Crippen LogP contribution in [0.2, 0.25) is 5.02 Å². The van der Waals surface area contributed by atoms with Crippen LogP contribution in [0.15, 0.2) is 54.6 Å². The van der Waals surface area contributed by atoms with Crippen molar-refractivity contribution in [2.45, 2.75) is 64.2 Å². The highest BCUT2D eigenvalue weighted by Crippen LogP contribution is 2.37. The van der Waals surface area contributed by atoms with Crippen LogP contribution >= 0.6 is 11.6 Å². The number of aryl methyl sites for hydroxylation is 4. The second-order valence-electron chi connectivity index (χ2n) is 9.47. The lowest BCUT2D eigenvalue weighted by Crippen LogP contribution is -2.14. The number of hydrogen-bond donors (Lipinski definition) is 0. The van der Waals surface area contributed by atoms with Gasteiger partial charge in [0.25, 0.3) is 0 Å². The number of benzene rings is 3. The largest absolute Gasteiger partial charge is 0.207 e. The third-order valence-electron chi connectivity index (χ3n) is 7.08. The van der Waals surface area contributed by atoms with Gasteiger partial charge in [0.05, 0.1) is 0 Å². The second kappa shape index (κ2) is 10.8. The van der Waals surface area contributed by atoms with E-state index >= 15 is 0 Å². The first-order valence-electron chi connectivity index (χ1n) is 11.9. The van der Waals surface area contributed by atoms with E-state index in [1.165, 1.54) is 48.9 Å². The van der Waals surface area contributed by atoms with Gasteiger partial charge in [-0.2, -0.15) is 0 Å². The van der Waals surface area contributed by atoms with Gasteiger partial charge in [-0.3, -0.25) is 0 Å². The van der Waals surface area contributed by atoms with Crippen molar-refractivity contribution in [1.82, 2.24) is 0 Å². The van der Waals surface area contributed by atoms with Crippen molar-refractivity contribution < 1.29 is 13.2 Å². The van der Waals surface area contributed by atoms with E-state index < -0.39 is 16.7 Å². The highest BCUT2D eigenvalue weighted by atomic mass is 35.5. The summed E-state index contributed by atoms with van der Waals surface area (Å²) in [7, 11) is 0. The summed E-state index contributed by atoms with van der Waals surface area (Å²) in [6, 6.07) is 16.8. The maximum atomic E-state index is 14.6. The lowest BCUT2D eigenvalue weighted by Gasteiger charge is -2.29. The smallest absolute Gasteiger partial charge is 0.145 e. The molecule has 174 valence electrons. The van der Waals surface area contributed by atoms with Gasteiger partial charge in [-0.05, 0) is 111 Å². The monoisotopic (exact) mass is 470 g/mol. The molecule has 4 rings (SSSR count). The van der Waals surface area contributed by atoms with E-state index in [1.807, 2.05) is 12.1 Å². The van der Waals surface area contributed by atoms with Crippen LogP contribution in [0.4, 0.5) is 13.2 Å². The van der Waals surface area contributed by atoms with E-state index in [0.29, 0.717) is 35.8 Å². The molecule has 1 aliphatic rings. The van der Waals surface area contributed by atoms with Crippen LogP contribution in [-0.2, 0) is 19.3 Å². The van der Waals surface area contributed by atoms with Crippen LogP contribution in [0.1, 0.15) is 65.8 Å². The van der Waals surface area contributed by atoms with Crippen molar-refractivity contribution in [1.29, 1.82) is 0 Å². The minimum absolute atomic E-state index is 0.245. The molecule has 0 nitrogen and oxygen atoms in total. The molecule has 0 N–H and O–H groups in total. The van der Waals surface area contributed by atoms with Gasteiger partial charge in [0.1, 0.15) is 22.5 Å².